The first-order valence-corrected chi connectivity index (χ1v) is 10.2. The highest BCUT2D eigenvalue weighted by atomic mass is 32.2. The Balaban J connectivity index is 1.32. The number of para-hydroxylation sites is 2. The van der Waals surface area contributed by atoms with E-state index in [2.05, 4.69) is 47.4 Å². The standard InChI is InChI=1S/C23H18N2OS/c1-2-4-19-18(3-1)24-23(25-19)16-7-8-21-17(11-16)13-22(27-21)15-6-5-14-9-10-26-20(14)12-15/h1-8,11-12,22H,9-10,13H2,(H,24,25). The zero-order chi connectivity index (χ0) is 17.8. The molecule has 1 unspecified atom stereocenters. The summed E-state index contributed by atoms with van der Waals surface area (Å²) in [6.07, 6.45) is 2.08. The van der Waals surface area contributed by atoms with Gasteiger partial charge in [-0.1, -0.05) is 30.3 Å². The van der Waals surface area contributed by atoms with Crippen molar-refractivity contribution in [2.45, 2.75) is 23.0 Å². The normalized spacial score (nSPS) is 17.7. The Morgan fingerprint density at radius 1 is 1.00 bits per heavy atom. The minimum Gasteiger partial charge on any atom is -0.493 e. The number of nitrogens with zero attached hydrogens (tertiary/aromatic N) is 1. The fourth-order valence-electron chi connectivity index (χ4n) is 4.05. The molecular weight excluding hydrogens is 352 g/mol. The fraction of sp³-hybridized carbons (Fsp3) is 0.174. The van der Waals surface area contributed by atoms with Crippen LogP contribution in [0, 0.1) is 0 Å². The number of imidazole rings is 1. The Morgan fingerprint density at radius 3 is 2.93 bits per heavy atom. The Bertz CT molecular complexity index is 1150. The van der Waals surface area contributed by atoms with Crippen molar-refractivity contribution in [1.82, 2.24) is 9.97 Å². The van der Waals surface area contributed by atoms with E-state index in [-0.39, 0.29) is 0 Å². The SMILES string of the molecule is c1ccc2[nH]c(-c3ccc4c(c3)CC(c3ccc5c(c3)OCC5)S4)nc2c1. The van der Waals surface area contributed by atoms with Gasteiger partial charge in [0.25, 0.3) is 0 Å². The number of fused-ring (bicyclic) bond motifs is 3. The van der Waals surface area contributed by atoms with Crippen LogP contribution in [-0.2, 0) is 12.8 Å². The molecule has 3 nitrogen and oxygen atoms in total. The smallest absolute Gasteiger partial charge is 0.138 e. The molecule has 3 aromatic carbocycles. The van der Waals surface area contributed by atoms with E-state index < -0.39 is 0 Å². The molecule has 4 aromatic rings. The van der Waals surface area contributed by atoms with E-state index in [0.717, 1.165) is 47.6 Å². The highest BCUT2D eigenvalue weighted by Gasteiger charge is 2.26. The molecule has 3 heterocycles. The van der Waals surface area contributed by atoms with Crippen LogP contribution in [0.15, 0.2) is 65.6 Å². The first-order chi connectivity index (χ1) is 13.3. The van der Waals surface area contributed by atoms with Crippen molar-refractivity contribution in [2.24, 2.45) is 0 Å². The largest absolute Gasteiger partial charge is 0.493 e. The minimum atomic E-state index is 0.459. The third kappa shape index (κ3) is 2.55. The second-order valence-electron chi connectivity index (χ2n) is 7.20. The number of hydrogen-bond acceptors (Lipinski definition) is 3. The molecule has 132 valence electrons. The van der Waals surface area contributed by atoms with Gasteiger partial charge in [0, 0.05) is 22.1 Å². The average Bonchev–Trinajstić information content (AvgIpc) is 3.42. The Hall–Kier alpha value is -2.72. The van der Waals surface area contributed by atoms with Gasteiger partial charge < -0.3 is 9.72 Å². The lowest BCUT2D eigenvalue weighted by atomic mass is 10.0. The zero-order valence-corrected chi connectivity index (χ0v) is 15.6. The molecule has 2 aliphatic heterocycles. The van der Waals surface area contributed by atoms with E-state index in [1.165, 1.54) is 21.6 Å². The van der Waals surface area contributed by atoms with Crippen molar-refractivity contribution in [3.8, 4) is 17.1 Å². The van der Waals surface area contributed by atoms with Crippen molar-refractivity contribution in [1.29, 1.82) is 0 Å². The van der Waals surface area contributed by atoms with Crippen molar-refractivity contribution in [3.63, 3.8) is 0 Å². The Labute approximate surface area is 161 Å². The fourth-order valence-corrected chi connectivity index (χ4v) is 5.35. The third-order valence-electron chi connectivity index (χ3n) is 5.49. The van der Waals surface area contributed by atoms with Crippen molar-refractivity contribution in [3.05, 3.63) is 77.4 Å². The lowest BCUT2D eigenvalue weighted by molar-refractivity contribution is 0.356. The molecule has 0 fully saturated rings. The molecule has 6 rings (SSSR count). The Morgan fingerprint density at radius 2 is 1.96 bits per heavy atom. The number of aromatic nitrogens is 2. The number of aromatic amines is 1. The maximum atomic E-state index is 5.76. The molecule has 0 amide bonds. The summed E-state index contributed by atoms with van der Waals surface area (Å²) in [4.78, 5) is 9.56. The molecule has 1 aromatic heterocycles. The number of benzene rings is 3. The summed E-state index contributed by atoms with van der Waals surface area (Å²) < 4.78 is 5.76. The zero-order valence-electron chi connectivity index (χ0n) is 14.7. The van der Waals surface area contributed by atoms with Gasteiger partial charge >= 0.3 is 0 Å². The Kier molecular flexibility index (Phi) is 3.35. The monoisotopic (exact) mass is 370 g/mol. The number of rotatable bonds is 2. The molecule has 1 N–H and O–H groups in total. The summed E-state index contributed by atoms with van der Waals surface area (Å²) in [6.45, 7) is 0.817. The molecule has 2 aliphatic rings. The second kappa shape index (κ2) is 5.89. The predicted octanol–water partition coefficient (Wildman–Crippen LogP) is 5.55. The van der Waals surface area contributed by atoms with Crippen LogP contribution >= 0.6 is 11.8 Å². The summed E-state index contributed by atoms with van der Waals surface area (Å²) >= 11 is 1.96. The summed E-state index contributed by atoms with van der Waals surface area (Å²) in [5.74, 6) is 2.02. The highest BCUT2D eigenvalue weighted by Crippen LogP contribution is 2.48. The third-order valence-corrected chi connectivity index (χ3v) is 6.87. The molecule has 0 saturated heterocycles. The van der Waals surface area contributed by atoms with Crippen LogP contribution < -0.4 is 4.74 Å². The van der Waals surface area contributed by atoms with Gasteiger partial charge in [0.1, 0.15) is 11.6 Å². The van der Waals surface area contributed by atoms with Crippen LogP contribution in [0.5, 0.6) is 5.75 Å². The molecular formula is C23H18N2OS. The number of nitrogens with one attached hydrogen (secondary N) is 1. The van der Waals surface area contributed by atoms with Crippen LogP contribution in [0.4, 0.5) is 0 Å². The van der Waals surface area contributed by atoms with E-state index in [1.807, 2.05) is 30.0 Å². The van der Waals surface area contributed by atoms with Crippen LogP contribution in [0.25, 0.3) is 22.4 Å². The van der Waals surface area contributed by atoms with E-state index in [4.69, 9.17) is 9.72 Å². The van der Waals surface area contributed by atoms with Crippen LogP contribution in [0.3, 0.4) is 0 Å². The van der Waals surface area contributed by atoms with Crippen molar-refractivity contribution in [2.75, 3.05) is 6.61 Å². The van der Waals surface area contributed by atoms with Gasteiger partial charge in [0.15, 0.2) is 0 Å². The molecule has 0 spiro atoms. The van der Waals surface area contributed by atoms with Gasteiger partial charge in [-0.25, -0.2) is 4.98 Å². The van der Waals surface area contributed by atoms with E-state index in [9.17, 15) is 0 Å². The number of ether oxygens (including phenoxy) is 1. The van der Waals surface area contributed by atoms with Gasteiger partial charge in [0.2, 0.25) is 0 Å². The van der Waals surface area contributed by atoms with Gasteiger partial charge in [-0.3, -0.25) is 0 Å². The first-order valence-electron chi connectivity index (χ1n) is 9.34. The van der Waals surface area contributed by atoms with E-state index in [1.54, 1.807) is 0 Å². The summed E-state index contributed by atoms with van der Waals surface area (Å²) in [5, 5.41) is 0.459. The molecule has 0 radical (unpaired) electrons. The first kappa shape index (κ1) is 15.3. The maximum Gasteiger partial charge on any atom is 0.138 e. The molecule has 0 aliphatic carbocycles. The number of thioether (sulfide) groups is 1. The van der Waals surface area contributed by atoms with E-state index >= 15 is 0 Å². The van der Waals surface area contributed by atoms with E-state index in [0.29, 0.717) is 5.25 Å². The molecule has 0 bridgehead atoms. The summed E-state index contributed by atoms with van der Waals surface area (Å²) in [5.41, 5.74) is 7.36. The second-order valence-corrected chi connectivity index (χ2v) is 8.45. The van der Waals surface area contributed by atoms with Crippen LogP contribution in [-0.4, -0.2) is 16.6 Å². The number of hydrogen-bond donors (Lipinski definition) is 1. The van der Waals surface area contributed by atoms with Gasteiger partial charge in [0.05, 0.1) is 17.6 Å². The molecule has 0 saturated carbocycles. The summed E-state index contributed by atoms with van der Waals surface area (Å²) in [6, 6.07) is 21.6. The molecule has 4 heteroatoms. The molecule has 27 heavy (non-hydrogen) atoms. The quantitative estimate of drug-likeness (QED) is 0.502. The van der Waals surface area contributed by atoms with Crippen LogP contribution in [0.1, 0.15) is 21.9 Å². The van der Waals surface area contributed by atoms with Crippen molar-refractivity contribution >= 4 is 22.8 Å². The average molecular weight is 370 g/mol. The van der Waals surface area contributed by atoms with Gasteiger partial charge in [-0.15, -0.1) is 11.8 Å². The van der Waals surface area contributed by atoms with Gasteiger partial charge in [-0.2, -0.15) is 0 Å². The lowest BCUT2D eigenvalue weighted by Crippen LogP contribution is -1.93. The van der Waals surface area contributed by atoms with Crippen molar-refractivity contribution < 1.29 is 4.74 Å². The predicted molar refractivity (Wildman–Crippen MR) is 109 cm³/mol. The molecule has 1 atom stereocenters. The topological polar surface area (TPSA) is 37.9 Å². The summed E-state index contributed by atoms with van der Waals surface area (Å²) in [7, 11) is 0. The highest BCUT2D eigenvalue weighted by molar-refractivity contribution is 7.99. The minimum absolute atomic E-state index is 0.459. The van der Waals surface area contributed by atoms with Crippen LogP contribution in [0.2, 0.25) is 0 Å². The maximum absolute atomic E-state index is 5.76. The lowest BCUT2D eigenvalue weighted by Gasteiger charge is -2.10. The number of H-pyrrole nitrogens is 1. The van der Waals surface area contributed by atoms with Gasteiger partial charge in [-0.05, 0) is 53.4 Å².